The molecule has 5 heteroatoms. The molecule has 0 amide bonds. The molecule has 0 saturated carbocycles. The summed E-state index contributed by atoms with van der Waals surface area (Å²) in [6, 6.07) is 3.35. The minimum Gasteiger partial charge on any atom is -0.478 e. The molecule has 1 heterocycles. The molecule has 94 valence electrons. The van der Waals surface area contributed by atoms with Gasteiger partial charge in [-0.05, 0) is 26.0 Å². The van der Waals surface area contributed by atoms with E-state index >= 15 is 0 Å². The van der Waals surface area contributed by atoms with E-state index in [9.17, 15) is 4.79 Å². The van der Waals surface area contributed by atoms with E-state index in [0.717, 1.165) is 0 Å². The second-order valence-corrected chi connectivity index (χ2v) is 3.96. The molecule has 1 rings (SSSR count). The Morgan fingerprint density at radius 2 is 2.29 bits per heavy atom. The van der Waals surface area contributed by atoms with Crippen molar-refractivity contribution in [2.75, 3.05) is 25.2 Å². The van der Waals surface area contributed by atoms with Gasteiger partial charge in [0, 0.05) is 25.9 Å². The van der Waals surface area contributed by atoms with Gasteiger partial charge in [-0.1, -0.05) is 0 Å². The van der Waals surface area contributed by atoms with Crippen LogP contribution >= 0.6 is 0 Å². The van der Waals surface area contributed by atoms with Crippen molar-refractivity contribution < 1.29 is 14.6 Å². The molecule has 0 fully saturated rings. The smallest absolute Gasteiger partial charge is 0.339 e. The zero-order chi connectivity index (χ0) is 12.8. The fourth-order valence-corrected chi connectivity index (χ4v) is 1.59. The van der Waals surface area contributed by atoms with Gasteiger partial charge in [0.25, 0.3) is 0 Å². The fraction of sp³-hybridized carbons (Fsp3) is 0.500. The van der Waals surface area contributed by atoms with Gasteiger partial charge in [0.15, 0.2) is 0 Å². The zero-order valence-corrected chi connectivity index (χ0v) is 10.4. The van der Waals surface area contributed by atoms with E-state index in [0.29, 0.717) is 19.0 Å². The normalized spacial score (nSPS) is 10.6. The van der Waals surface area contributed by atoms with Crippen LogP contribution in [-0.2, 0) is 4.74 Å². The first kappa shape index (κ1) is 13.4. The van der Waals surface area contributed by atoms with Gasteiger partial charge in [-0.3, -0.25) is 0 Å². The van der Waals surface area contributed by atoms with Crippen molar-refractivity contribution in [3.63, 3.8) is 0 Å². The lowest BCUT2D eigenvalue weighted by Crippen LogP contribution is -2.35. The number of ether oxygens (including phenoxy) is 1. The standard InChI is InChI=1S/C12H18N2O3/c1-9(2)14(7-8-17-3)11-10(12(15)16)5-4-6-13-11/h4-6,9H,7-8H2,1-3H3,(H,15,16). The predicted octanol–water partition coefficient (Wildman–Crippen LogP) is 1.64. The Bertz CT molecular complexity index is 380. The summed E-state index contributed by atoms with van der Waals surface area (Å²) in [7, 11) is 1.62. The molecule has 0 saturated heterocycles. The molecule has 0 atom stereocenters. The first-order chi connectivity index (χ1) is 8.07. The number of aromatic carboxylic acids is 1. The monoisotopic (exact) mass is 238 g/mol. The lowest BCUT2D eigenvalue weighted by Gasteiger charge is -2.28. The molecular weight excluding hydrogens is 220 g/mol. The molecule has 17 heavy (non-hydrogen) atoms. The molecule has 0 aliphatic heterocycles. The number of methoxy groups -OCH3 is 1. The van der Waals surface area contributed by atoms with Gasteiger partial charge < -0.3 is 14.7 Å². The van der Waals surface area contributed by atoms with Gasteiger partial charge in [0.1, 0.15) is 11.4 Å². The second kappa shape index (κ2) is 6.20. The predicted molar refractivity (Wildman–Crippen MR) is 65.6 cm³/mol. The van der Waals surface area contributed by atoms with Gasteiger partial charge in [0.05, 0.1) is 6.61 Å². The molecule has 0 spiro atoms. The van der Waals surface area contributed by atoms with Gasteiger partial charge in [-0.25, -0.2) is 9.78 Å². The van der Waals surface area contributed by atoms with Crippen molar-refractivity contribution >= 4 is 11.8 Å². The van der Waals surface area contributed by atoms with E-state index in [2.05, 4.69) is 4.98 Å². The average Bonchev–Trinajstić information content (AvgIpc) is 2.29. The van der Waals surface area contributed by atoms with E-state index in [1.807, 2.05) is 18.7 Å². The summed E-state index contributed by atoms with van der Waals surface area (Å²) < 4.78 is 5.03. The molecular formula is C12H18N2O3. The molecule has 1 aromatic rings. The molecule has 0 aromatic carbocycles. The number of anilines is 1. The zero-order valence-electron chi connectivity index (χ0n) is 10.4. The van der Waals surface area contributed by atoms with Crippen LogP contribution in [0.2, 0.25) is 0 Å². The number of nitrogens with zero attached hydrogens (tertiary/aromatic N) is 2. The topological polar surface area (TPSA) is 62.7 Å². The molecule has 0 bridgehead atoms. The highest BCUT2D eigenvalue weighted by atomic mass is 16.5. The number of carboxylic acid groups (broad SMARTS) is 1. The van der Waals surface area contributed by atoms with Crippen LogP contribution in [0.15, 0.2) is 18.3 Å². The van der Waals surface area contributed by atoms with Crippen LogP contribution in [0.5, 0.6) is 0 Å². The van der Waals surface area contributed by atoms with Crippen LogP contribution in [0.4, 0.5) is 5.82 Å². The molecule has 1 N–H and O–H groups in total. The summed E-state index contributed by atoms with van der Waals surface area (Å²) in [6.45, 7) is 5.14. The summed E-state index contributed by atoms with van der Waals surface area (Å²) in [5.41, 5.74) is 0.220. The molecule has 0 aliphatic carbocycles. The van der Waals surface area contributed by atoms with Crippen molar-refractivity contribution in [3.8, 4) is 0 Å². The van der Waals surface area contributed by atoms with Crippen molar-refractivity contribution in [1.82, 2.24) is 4.98 Å². The third kappa shape index (κ3) is 3.42. The largest absolute Gasteiger partial charge is 0.478 e. The van der Waals surface area contributed by atoms with Crippen molar-refractivity contribution in [2.24, 2.45) is 0 Å². The number of hydrogen-bond donors (Lipinski definition) is 1. The quantitative estimate of drug-likeness (QED) is 0.816. The highest BCUT2D eigenvalue weighted by Crippen LogP contribution is 2.19. The fourth-order valence-electron chi connectivity index (χ4n) is 1.59. The number of carbonyl (C=O) groups is 1. The van der Waals surface area contributed by atoms with E-state index in [1.54, 1.807) is 25.4 Å². The van der Waals surface area contributed by atoms with E-state index in [4.69, 9.17) is 9.84 Å². The van der Waals surface area contributed by atoms with Crippen LogP contribution in [0.3, 0.4) is 0 Å². The SMILES string of the molecule is COCCN(c1ncccc1C(=O)O)C(C)C. The molecule has 0 unspecified atom stereocenters. The maximum absolute atomic E-state index is 11.1. The van der Waals surface area contributed by atoms with Crippen LogP contribution in [0.25, 0.3) is 0 Å². The van der Waals surface area contributed by atoms with Gasteiger partial charge in [0.2, 0.25) is 0 Å². The summed E-state index contributed by atoms with van der Waals surface area (Å²) >= 11 is 0. The first-order valence-electron chi connectivity index (χ1n) is 5.51. The summed E-state index contributed by atoms with van der Waals surface area (Å²) in [6.07, 6.45) is 1.60. The third-order valence-electron chi connectivity index (χ3n) is 2.45. The van der Waals surface area contributed by atoms with Crippen molar-refractivity contribution in [1.29, 1.82) is 0 Å². The minimum absolute atomic E-state index is 0.165. The summed E-state index contributed by atoms with van der Waals surface area (Å²) in [5, 5.41) is 9.12. The Kier molecular flexibility index (Phi) is 4.90. The summed E-state index contributed by atoms with van der Waals surface area (Å²) in [5.74, 6) is -0.469. The highest BCUT2D eigenvalue weighted by Gasteiger charge is 2.18. The van der Waals surface area contributed by atoms with Gasteiger partial charge >= 0.3 is 5.97 Å². The number of carboxylic acids is 1. The van der Waals surface area contributed by atoms with Crippen molar-refractivity contribution in [3.05, 3.63) is 23.9 Å². The number of hydrogen-bond acceptors (Lipinski definition) is 4. The van der Waals surface area contributed by atoms with Crippen LogP contribution in [-0.4, -0.2) is 42.4 Å². The Hall–Kier alpha value is -1.62. The summed E-state index contributed by atoms with van der Waals surface area (Å²) in [4.78, 5) is 17.2. The van der Waals surface area contributed by atoms with E-state index in [1.165, 1.54) is 0 Å². The number of rotatable bonds is 6. The number of aromatic nitrogens is 1. The maximum atomic E-state index is 11.1. The van der Waals surface area contributed by atoms with Crippen LogP contribution < -0.4 is 4.90 Å². The van der Waals surface area contributed by atoms with Crippen LogP contribution in [0, 0.1) is 0 Å². The molecule has 1 aromatic heterocycles. The molecule has 5 nitrogen and oxygen atoms in total. The lowest BCUT2D eigenvalue weighted by atomic mass is 10.2. The molecule has 0 aliphatic rings. The minimum atomic E-state index is -0.962. The van der Waals surface area contributed by atoms with Crippen molar-refractivity contribution in [2.45, 2.75) is 19.9 Å². The third-order valence-corrected chi connectivity index (χ3v) is 2.45. The Morgan fingerprint density at radius 3 is 2.82 bits per heavy atom. The number of pyridine rings is 1. The molecule has 0 radical (unpaired) electrons. The Labute approximate surface area is 101 Å². The van der Waals surface area contributed by atoms with E-state index in [-0.39, 0.29) is 11.6 Å². The van der Waals surface area contributed by atoms with Gasteiger partial charge in [-0.2, -0.15) is 0 Å². The second-order valence-electron chi connectivity index (χ2n) is 3.96. The highest BCUT2D eigenvalue weighted by molar-refractivity contribution is 5.93. The average molecular weight is 238 g/mol. The first-order valence-corrected chi connectivity index (χ1v) is 5.51. The van der Waals surface area contributed by atoms with Gasteiger partial charge in [-0.15, -0.1) is 0 Å². The lowest BCUT2D eigenvalue weighted by molar-refractivity contribution is 0.0697. The maximum Gasteiger partial charge on any atom is 0.339 e. The van der Waals surface area contributed by atoms with E-state index < -0.39 is 5.97 Å². The van der Waals surface area contributed by atoms with Crippen LogP contribution in [0.1, 0.15) is 24.2 Å². The Balaban J connectivity index is 3.04. The Morgan fingerprint density at radius 1 is 1.59 bits per heavy atom.